The third-order valence-electron chi connectivity index (χ3n) is 4.15. The molecule has 0 bridgehead atoms. The number of carbonyl (C=O) groups is 1. The van der Waals surface area contributed by atoms with Gasteiger partial charge in [0.25, 0.3) is 5.56 Å². The number of amides is 1. The number of benzene rings is 1. The highest BCUT2D eigenvalue weighted by atomic mass is 35.5. The Morgan fingerprint density at radius 3 is 2.68 bits per heavy atom. The summed E-state index contributed by atoms with van der Waals surface area (Å²) in [4.78, 5) is 26.2. The first-order valence-corrected chi connectivity index (χ1v) is 7.93. The van der Waals surface area contributed by atoms with Gasteiger partial charge in [0.2, 0.25) is 5.91 Å². The monoisotopic (exact) mass is 370 g/mol. The Hall–Kier alpha value is -2.28. The number of anilines is 1. The number of aromatic nitrogens is 1. The fourth-order valence-corrected chi connectivity index (χ4v) is 3.27. The molecule has 1 aliphatic rings. The Balaban J connectivity index is 1.94. The van der Waals surface area contributed by atoms with Gasteiger partial charge in [0.05, 0.1) is 5.56 Å². The van der Waals surface area contributed by atoms with Crippen LogP contribution in [0.4, 0.5) is 18.9 Å². The van der Waals surface area contributed by atoms with Gasteiger partial charge >= 0.3 is 6.18 Å². The normalized spacial score (nSPS) is 16.8. The summed E-state index contributed by atoms with van der Waals surface area (Å²) in [5.74, 6) is -0.463. The lowest BCUT2D eigenvalue weighted by Crippen LogP contribution is -2.40. The third kappa shape index (κ3) is 3.28. The number of hydrogen-bond acceptors (Lipinski definition) is 2. The average Bonchev–Trinajstić information content (AvgIpc) is 2.86. The van der Waals surface area contributed by atoms with Crippen LogP contribution in [0, 0.1) is 0 Å². The van der Waals surface area contributed by atoms with Crippen molar-refractivity contribution in [3.63, 3.8) is 0 Å². The molecule has 0 aliphatic carbocycles. The van der Waals surface area contributed by atoms with Crippen LogP contribution in [-0.4, -0.2) is 16.5 Å². The minimum Gasteiger partial charge on any atom is -0.307 e. The maximum atomic E-state index is 12.9. The molecule has 1 atom stereocenters. The molecule has 0 saturated carbocycles. The Kier molecular flexibility index (Phi) is 4.36. The summed E-state index contributed by atoms with van der Waals surface area (Å²) < 4.78 is 39.4. The predicted molar refractivity (Wildman–Crippen MR) is 87.8 cm³/mol. The van der Waals surface area contributed by atoms with Gasteiger partial charge in [-0.2, -0.15) is 13.2 Å². The number of nitrogens with zero attached hydrogens (tertiary/aromatic N) is 2. The van der Waals surface area contributed by atoms with Crippen LogP contribution in [-0.2, 0) is 23.9 Å². The van der Waals surface area contributed by atoms with E-state index in [0.717, 1.165) is 5.56 Å². The number of rotatable bonds is 2. The van der Waals surface area contributed by atoms with Crippen molar-refractivity contribution in [2.45, 2.75) is 32.1 Å². The van der Waals surface area contributed by atoms with Gasteiger partial charge in [-0.1, -0.05) is 29.8 Å². The highest BCUT2D eigenvalue weighted by Crippen LogP contribution is 2.32. The summed E-state index contributed by atoms with van der Waals surface area (Å²) in [6.45, 7) is 1.33. The van der Waals surface area contributed by atoms with Gasteiger partial charge < -0.3 is 9.47 Å². The lowest BCUT2D eigenvalue weighted by atomic mass is 10.1. The number of para-hydroxylation sites is 1. The lowest BCUT2D eigenvalue weighted by Gasteiger charge is -2.23. The van der Waals surface area contributed by atoms with Crippen LogP contribution in [0.5, 0.6) is 0 Å². The first-order chi connectivity index (χ1) is 11.7. The standard InChI is InChI=1S/C17H14ClF3N2O2/c1-10-6-11-4-2-3-5-14(11)23(10)15(24)9-22-8-12(17(19,20)21)7-13(18)16(22)25/h2-5,7-8,10H,6,9H2,1H3. The molecule has 0 spiro atoms. The van der Waals surface area contributed by atoms with Crippen molar-refractivity contribution in [3.05, 3.63) is 63.0 Å². The van der Waals surface area contributed by atoms with Crippen molar-refractivity contribution in [2.75, 3.05) is 4.90 Å². The molecule has 1 unspecified atom stereocenters. The van der Waals surface area contributed by atoms with Crippen molar-refractivity contribution in [3.8, 4) is 0 Å². The van der Waals surface area contributed by atoms with E-state index in [0.29, 0.717) is 28.9 Å². The number of fused-ring (bicyclic) bond motifs is 1. The molecule has 1 amide bonds. The average molecular weight is 371 g/mol. The van der Waals surface area contributed by atoms with Crippen molar-refractivity contribution >= 4 is 23.2 Å². The molecular formula is C17H14ClF3N2O2. The topological polar surface area (TPSA) is 42.3 Å². The molecule has 0 saturated heterocycles. The van der Waals surface area contributed by atoms with Gasteiger partial charge in [-0.05, 0) is 31.0 Å². The van der Waals surface area contributed by atoms with Gasteiger partial charge in [0.1, 0.15) is 11.6 Å². The molecule has 2 heterocycles. The van der Waals surface area contributed by atoms with E-state index in [1.54, 1.807) is 12.1 Å². The molecule has 1 aromatic heterocycles. The molecule has 1 aliphatic heterocycles. The third-order valence-corrected chi connectivity index (χ3v) is 4.42. The second-order valence-electron chi connectivity index (χ2n) is 5.95. The maximum absolute atomic E-state index is 12.9. The van der Waals surface area contributed by atoms with Gasteiger partial charge in [-0.25, -0.2) is 0 Å². The Morgan fingerprint density at radius 1 is 1.32 bits per heavy atom. The van der Waals surface area contributed by atoms with E-state index in [1.165, 1.54) is 4.90 Å². The molecule has 25 heavy (non-hydrogen) atoms. The minimum atomic E-state index is -4.66. The van der Waals surface area contributed by atoms with Gasteiger partial charge in [-0.3, -0.25) is 9.59 Å². The number of halogens is 4. The van der Waals surface area contributed by atoms with Crippen LogP contribution in [0.2, 0.25) is 5.02 Å². The minimum absolute atomic E-state index is 0.137. The second kappa shape index (κ2) is 6.22. The van der Waals surface area contributed by atoms with Crippen LogP contribution in [0.25, 0.3) is 0 Å². The van der Waals surface area contributed by atoms with Crippen LogP contribution in [0.3, 0.4) is 0 Å². The zero-order chi connectivity index (χ0) is 18.4. The molecule has 1 aromatic carbocycles. The van der Waals surface area contributed by atoms with E-state index >= 15 is 0 Å². The number of hydrogen-bond donors (Lipinski definition) is 0. The van der Waals surface area contributed by atoms with E-state index in [-0.39, 0.29) is 6.04 Å². The fraction of sp³-hybridized carbons (Fsp3) is 0.294. The van der Waals surface area contributed by atoms with Crippen LogP contribution >= 0.6 is 11.6 Å². The molecule has 132 valence electrons. The van der Waals surface area contributed by atoms with Crippen molar-refractivity contribution < 1.29 is 18.0 Å². The smallest absolute Gasteiger partial charge is 0.307 e. The van der Waals surface area contributed by atoms with E-state index in [9.17, 15) is 22.8 Å². The summed E-state index contributed by atoms with van der Waals surface area (Å²) in [7, 11) is 0. The largest absolute Gasteiger partial charge is 0.417 e. The second-order valence-corrected chi connectivity index (χ2v) is 6.36. The summed E-state index contributed by atoms with van der Waals surface area (Å²) in [5.41, 5.74) is -0.202. The molecule has 4 nitrogen and oxygen atoms in total. The zero-order valence-electron chi connectivity index (χ0n) is 13.2. The molecule has 0 radical (unpaired) electrons. The van der Waals surface area contributed by atoms with Gasteiger partial charge in [0, 0.05) is 17.9 Å². The number of pyridine rings is 1. The van der Waals surface area contributed by atoms with E-state index in [4.69, 9.17) is 11.6 Å². The molecule has 3 rings (SSSR count). The van der Waals surface area contributed by atoms with E-state index in [2.05, 4.69) is 0 Å². The molecule has 2 aromatic rings. The van der Waals surface area contributed by atoms with Gasteiger partial charge in [0.15, 0.2) is 0 Å². The van der Waals surface area contributed by atoms with Crippen LogP contribution < -0.4 is 10.5 Å². The fourth-order valence-electron chi connectivity index (χ4n) is 3.04. The highest BCUT2D eigenvalue weighted by molar-refractivity contribution is 6.30. The first-order valence-electron chi connectivity index (χ1n) is 7.55. The van der Waals surface area contributed by atoms with Crippen LogP contribution in [0.15, 0.2) is 41.3 Å². The first kappa shape index (κ1) is 17.5. The molecule has 8 heteroatoms. The highest BCUT2D eigenvalue weighted by Gasteiger charge is 2.34. The van der Waals surface area contributed by atoms with Crippen molar-refractivity contribution in [1.82, 2.24) is 4.57 Å². The maximum Gasteiger partial charge on any atom is 0.417 e. The molecule has 0 N–H and O–H groups in total. The van der Waals surface area contributed by atoms with E-state index < -0.39 is 34.8 Å². The van der Waals surface area contributed by atoms with Crippen molar-refractivity contribution in [1.29, 1.82) is 0 Å². The predicted octanol–water partition coefficient (Wildman–Crippen LogP) is 3.50. The Bertz CT molecular complexity index is 892. The zero-order valence-corrected chi connectivity index (χ0v) is 13.9. The molecule has 0 fully saturated rings. The quantitative estimate of drug-likeness (QED) is 0.812. The molecular weight excluding hydrogens is 357 g/mol. The van der Waals surface area contributed by atoms with Gasteiger partial charge in [-0.15, -0.1) is 0 Å². The Morgan fingerprint density at radius 2 is 2.00 bits per heavy atom. The van der Waals surface area contributed by atoms with Crippen LogP contribution in [0.1, 0.15) is 18.1 Å². The lowest BCUT2D eigenvalue weighted by molar-refractivity contribution is -0.138. The summed E-state index contributed by atoms with van der Waals surface area (Å²) in [5, 5.41) is -0.572. The summed E-state index contributed by atoms with van der Waals surface area (Å²) in [6.07, 6.45) is -3.38. The number of alkyl halides is 3. The Labute approximate surface area is 146 Å². The van der Waals surface area contributed by atoms with Crippen molar-refractivity contribution in [2.24, 2.45) is 0 Å². The number of carbonyl (C=O) groups excluding carboxylic acids is 1. The summed E-state index contributed by atoms with van der Waals surface area (Å²) >= 11 is 5.62. The SMILES string of the molecule is CC1Cc2ccccc2N1C(=O)Cn1cc(C(F)(F)F)cc(Cl)c1=O. The summed E-state index contributed by atoms with van der Waals surface area (Å²) in [6, 6.07) is 7.74. The van der Waals surface area contributed by atoms with E-state index in [1.807, 2.05) is 19.1 Å².